The molecule has 0 fully saturated rings. The van der Waals surface area contributed by atoms with Crippen molar-refractivity contribution in [2.24, 2.45) is 5.92 Å². The van der Waals surface area contributed by atoms with Gasteiger partial charge in [0.1, 0.15) is 5.58 Å². The highest BCUT2D eigenvalue weighted by molar-refractivity contribution is 5.99. The van der Waals surface area contributed by atoms with E-state index in [1.54, 1.807) is 0 Å². The van der Waals surface area contributed by atoms with Crippen LogP contribution in [0.5, 0.6) is 0 Å². The van der Waals surface area contributed by atoms with Crippen molar-refractivity contribution < 1.29 is 9.21 Å². The summed E-state index contributed by atoms with van der Waals surface area (Å²) in [4.78, 5) is 12.7. The second kappa shape index (κ2) is 6.29. The van der Waals surface area contributed by atoms with Crippen LogP contribution >= 0.6 is 0 Å². The van der Waals surface area contributed by atoms with Crippen LogP contribution in [0.15, 0.2) is 59.0 Å². The Balaban J connectivity index is 1.91. The SMILES string of the molecule is Cc1c(C(=O)N[C@@H](c2ccccc2)C(C)C)oc2ccccc12. The molecule has 118 valence electrons. The molecule has 0 unspecified atom stereocenters. The van der Waals surface area contributed by atoms with Crippen LogP contribution in [-0.4, -0.2) is 5.91 Å². The molecule has 0 aliphatic rings. The predicted octanol–water partition coefficient (Wildman–Crippen LogP) is 4.87. The molecule has 3 nitrogen and oxygen atoms in total. The number of aryl methyl sites for hydroxylation is 1. The van der Waals surface area contributed by atoms with E-state index in [4.69, 9.17) is 4.42 Å². The van der Waals surface area contributed by atoms with Gasteiger partial charge in [0.15, 0.2) is 5.76 Å². The third-order valence-corrected chi connectivity index (χ3v) is 4.16. The Morgan fingerprint density at radius 1 is 1.00 bits per heavy atom. The quantitative estimate of drug-likeness (QED) is 0.747. The monoisotopic (exact) mass is 307 g/mol. The molecule has 23 heavy (non-hydrogen) atoms. The van der Waals surface area contributed by atoms with Crippen LogP contribution in [0.1, 0.15) is 41.6 Å². The number of furan rings is 1. The molecular weight excluding hydrogens is 286 g/mol. The van der Waals surface area contributed by atoms with Gasteiger partial charge in [-0.05, 0) is 24.5 Å². The van der Waals surface area contributed by atoms with E-state index in [0.29, 0.717) is 5.76 Å². The van der Waals surface area contributed by atoms with Gasteiger partial charge in [-0.1, -0.05) is 62.4 Å². The first-order valence-electron chi connectivity index (χ1n) is 7.92. The lowest BCUT2D eigenvalue weighted by atomic mass is 9.96. The summed E-state index contributed by atoms with van der Waals surface area (Å²) in [5.74, 6) is 0.514. The van der Waals surface area contributed by atoms with Crippen LogP contribution in [0.25, 0.3) is 11.0 Å². The number of para-hydroxylation sites is 1. The number of rotatable bonds is 4. The van der Waals surface area contributed by atoms with Gasteiger partial charge < -0.3 is 9.73 Å². The van der Waals surface area contributed by atoms with Gasteiger partial charge in [-0.3, -0.25) is 4.79 Å². The molecule has 0 radical (unpaired) electrons. The molecule has 0 saturated heterocycles. The zero-order valence-electron chi connectivity index (χ0n) is 13.7. The van der Waals surface area contributed by atoms with Gasteiger partial charge >= 0.3 is 0 Å². The summed E-state index contributed by atoms with van der Waals surface area (Å²) in [6.45, 7) is 6.13. The summed E-state index contributed by atoms with van der Waals surface area (Å²) < 4.78 is 5.77. The molecule has 0 aliphatic carbocycles. The molecule has 1 N–H and O–H groups in total. The Morgan fingerprint density at radius 2 is 1.65 bits per heavy atom. The van der Waals surface area contributed by atoms with Gasteiger partial charge in [-0.15, -0.1) is 0 Å². The van der Waals surface area contributed by atoms with E-state index in [1.165, 1.54) is 0 Å². The van der Waals surface area contributed by atoms with Crippen molar-refractivity contribution in [2.45, 2.75) is 26.8 Å². The first-order chi connectivity index (χ1) is 11.1. The van der Waals surface area contributed by atoms with Crippen LogP contribution < -0.4 is 5.32 Å². The number of benzene rings is 2. The number of fused-ring (bicyclic) bond motifs is 1. The Bertz CT molecular complexity index is 818. The van der Waals surface area contributed by atoms with E-state index in [2.05, 4.69) is 19.2 Å². The lowest BCUT2D eigenvalue weighted by molar-refractivity contribution is 0.0898. The molecule has 1 heterocycles. The zero-order chi connectivity index (χ0) is 16.4. The molecule has 2 aromatic carbocycles. The van der Waals surface area contributed by atoms with Crippen LogP contribution in [0, 0.1) is 12.8 Å². The zero-order valence-corrected chi connectivity index (χ0v) is 13.7. The number of hydrogen-bond donors (Lipinski definition) is 1. The number of nitrogens with one attached hydrogen (secondary N) is 1. The van der Waals surface area contributed by atoms with Crippen LogP contribution in [0.4, 0.5) is 0 Å². The Labute approximate surface area is 136 Å². The van der Waals surface area contributed by atoms with Crippen molar-refractivity contribution in [1.82, 2.24) is 5.32 Å². The maximum Gasteiger partial charge on any atom is 0.287 e. The van der Waals surface area contributed by atoms with Crippen molar-refractivity contribution >= 4 is 16.9 Å². The molecule has 3 heteroatoms. The van der Waals surface area contributed by atoms with Crippen molar-refractivity contribution in [3.63, 3.8) is 0 Å². The number of carbonyl (C=O) groups is 1. The second-order valence-electron chi connectivity index (χ2n) is 6.16. The third-order valence-electron chi connectivity index (χ3n) is 4.16. The summed E-state index contributed by atoms with van der Waals surface area (Å²) in [5.41, 5.74) is 2.73. The fourth-order valence-electron chi connectivity index (χ4n) is 2.89. The summed E-state index contributed by atoms with van der Waals surface area (Å²) >= 11 is 0. The van der Waals surface area contributed by atoms with Gasteiger partial charge in [-0.2, -0.15) is 0 Å². The highest BCUT2D eigenvalue weighted by Crippen LogP contribution is 2.27. The molecule has 0 saturated carbocycles. The maximum atomic E-state index is 12.7. The molecule has 0 spiro atoms. The lowest BCUT2D eigenvalue weighted by Gasteiger charge is -2.22. The molecule has 3 aromatic rings. The van der Waals surface area contributed by atoms with Gasteiger partial charge in [0.2, 0.25) is 0 Å². The van der Waals surface area contributed by atoms with E-state index < -0.39 is 0 Å². The minimum Gasteiger partial charge on any atom is -0.451 e. The summed E-state index contributed by atoms with van der Waals surface area (Å²) in [6, 6.07) is 17.7. The summed E-state index contributed by atoms with van der Waals surface area (Å²) in [6.07, 6.45) is 0. The fourth-order valence-corrected chi connectivity index (χ4v) is 2.89. The Morgan fingerprint density at radius 3 is 2.30 bits per heavy atom. The van der Waals surface area contributed by atoms with Gasteiger partial charge in [0.25, 0.3) is 5.91 Å². The van der Waals surface area contributed by atoms with E-state index in [9.17, 15) is 4.79 Å². The second-order valence-corrected chi connectivity index (χ2v) is 6.16. The third kappa shape index (κ3) is 3.00. The predicted molar refractivity (Wildman–Crippen MR) is 92.4 cm³/mol. The van der Waals surface area contributed by atoms with Crippen molar-refractivity contribution in [3.8, 4) is 0 Å². The Kier molecular flexibility index (Phi) is 4.20. The number of amides is 1. The largest absolute Gasteiger partial charge is 0.451 e. The first-order valence-corrected chi connectivity index (χ1v) is 7.92. The topological polar surface area (TPSA) is 42.2 Å². The van der Waals surface area contributed by atoms with Gasteiger partial charge in [-0.25, -0.2) is 0 Å². The van der Waals surface area contributed by atoms with Gasteiger partial charge in [0.05, 0.1) is 6.04 Å². The number of carbonyl (C=O) groups excluding carboxylic acids is 1. The van der Waals surface area contributed by atoms with Crippen molar-refractivity contribution in [2.75, 3.05) is 0 Å². The summed E-state index contributed by atoms with van der Waals surface area (Å²) in [7, 11) is 0. The normalized spacial score (nSPS) is 12.5. The molecule has 1 amide bonds. The van der Waals surface area contributed by atoms with E-state index in [0.717, 1.165) is 22.1 Å². The van der Waals surface area contributed by atoms with E-state index >= 15 is 0 Å². The standard InChI is InChI=1S/C20H21NO2/c1-13(2)18(15-9-5-4-6-10-15)21-20(22)19-14(3)16-11-7-8-12-17(16)23-19/h4-13,18H,1-3H3,(H,21,22)/t18-/m1/s1. The van der Waals surface area contributed by atoms with E-state index in [-0.39, 0.29) is 17.9 Å². The van der Waals surface area contributed by atoms with Crippen LogP contribution in [0.2, 0.25) is 0 Å². The minimum atomic E-state index is -0.166. The Hall–Kier alpha value is -2.55. The highest BCUT2D eigenvalue weighted by Gasteiger charge is 2.23. The number of hydrogen-bond acceptors (Lipinski definition) is 2. The average Bonchev–Trinajstić information content (AvgIpc) is 2.90. The molecule has 0 aliphatic heterocycles. The van der Waals surface area contributed by atoms with Crippen LogP contribution in [-0.2, 0) is 0 Å². The van der Waals surface area contributed by atoms with Crippen LogP contribution in [0.3, 0.4) is 0 Å². The van der Waals surface area contributed by atoms with E-state index in [1.807, 2.05) is 61.5 Å². The summed E-state index contributed by atoms with van der Waals surface area (Å²) in [5, 5.41) is 4.10. The lowest BCUT2D eigenvalue weighted by Crippen LogP contribution is -2.31. The maximum absolute atomic E-state index is 12.7. The molecule has 1 atom stereocenters. The van der Waals surface area contributed by atoms with Crippen molar-refractivity contribution in [3.05, 3.63) is 71.5 Å². The molecule has 1 aromatic heterocycles. The highest BCUT2D eigenvalue weighted by atomic mass is 16.3. The fraction of sp³-hybridized carbons (Fsp3) is 0.250. The smallest absolute Gasteiger partial charge is 0.287 e. The van der Waals surface area contributed by atoms with Crippen molar-refractivity contribution in [1.29, 1.82) is 0 Å². The molecule has 0 bridgehead atoms. The average molecular weight is 307 g/mol. The molecule has 3 rings (SSSR count). The van der Waals surface area contributed by atoms with Gasteiger partial charge in [0, 0.05) is 10.9 Å². The molecular formula is C20H21NO2. The minimum absolute atomic E-state index is 0.0451. The first kappa shape index (κ1) is 15.3.